The average Bonchev–Trinajstić information content (AvgIpc) is 2.39. The Labute approximate surface area is 118 Å². The van der Waals surface area contributed by atoms with Gasteiger partial charge in [0.2, 0.25) is 11.8 Å². The Bertz CT molecular complexity index is 380. The van der Waals surface area contributed by atoms with Crippen LogP contribution in [0.1, 0.15) is 45.4 Å². The Balaban J connectivity index is 2.88. The molecule has 0 aromatic carbocycles. The van der Waals surface area contributed by atoms with E-state index in [2.05, 4.69) is 0 Å². The summed E-state index contributed by atoms with van der Waals surface area (Å²) in [7, 11) is 0. The van der Waals surface area contributed by atoms with E-state index in [0.29, 0.717) is 0 Å². The number of hydrogen-bond acceptors (Lipinski definition) is 4. The Morgan fingerprint density at radius 1 is 1.25 bits per heavy atom. The van der Waals surface area contributed by atoms with E-state index in [4.69, 9.17) is 16.6 Å². The smallest absolute Gasteiger partial charge is 0.305 e. The second-order valence-electron chi connectivity index (χ2n) is 5.32. The Morgan fingerprint density at radius 2 is 1.80 bits per heavy atom. The number of hydrogen-bond donors (Lipinski definition) is 3. The maximum Gasteiger partial charge on any atom is 0.305 e. The van der Waals surface area contributed by atoms with Crippen LogP contribution < -0.4 is 11.5 Å². The Morgan fingerprint density at radius 3 is 2.25 bits per heavy atom. The number of nitrogens with zero attached hydrogens (tertiary/aromatic N) is 1. The highest BCUT2D eigenvalue weighted by atomic mass is 16.4. The van der Waals surface area contributed by atoms with Crippen LogP contribution in [0.3, 0.4) is 0 Å². The van der Waals surface area contributed by atoms with Crippen molar-refractivity contribution < 1.29 is 19.5 Å². The monoisotopic (exact) mass is 285 g/mol. The molecule has 0 unspecified atom stereocenters. The van der Waals surface area contributed by atoms with Gasteiger partial charge in [-0.2, -0.15) is 0 Å². The molecule has 2 amide bonds. The zero-order chi connectivity index (χ0) is 15.3. The third kappa shape index (κ3) is 4.19. The van der Waals surface area contributed by atoms with E-state index in [9.17, 15) is 14.4 Å². The van der Waals surface area contributed by atoms with Gasteiger partial charge in [-0.1, -0.05) is 19.3 Å². The van der Waals surface area contributed by atoms with Gasteiger partial charge >= 0.3 is 5.97 Å². The fourth-order valence-electron chi connectivity index (χ4n) is 2.65. The first-order valence-corrected chi connectivity index (χ1v) is 6.93. The molecule has 0 bridgehead atoms. The number of carboxylic acids is 1. The van der Waals surface area contributed by atoms with E-state index in [0.717, 1.165) is 32.1 Å². The summed E-state index contributed by atoms with van der Waals surface area (Å²) >= 11 is 0. The molecule has 0 aliphatic heterocycles. The normalized spacial score (nSPS) is 19.1. The first kappa shape index (κ1) is 16.4. The predicted molar refractivity (Wildman–Crippen MR) is 72.6 cm³/mol. The van der Waals surface area contributed by atoms with Crippen molar-refractivity contribution in [1.82, 2.24) is 4.90 Å². The number of nitrogens with two attached hydrogens (primary N) is 2. The summed E-state index contributed by atoms with van der Waals surface area (Å²) in [5.41, 5.74) is 10.9. The molecule has 1 aliphatic rings. The quantitative estimate of drug-likeness (QED) is 0.624. The van der Waals surface area contributed by atoms with Crippen LogP contribution in [0.25, 0.3) is 0 Å². The van der Waals surface area contributed by atoms with Crippen molar-refractivity contribution in [3.63, 3.8) is 0 Å². The molecule has 1 saturated carbocycles. The van der Waals surface area contributed by atoms with Gasteiger partial charge in [-0.3, -0.25) is 14.4 Å². The van der Waals surface area contributed by atoms with Crippen LogP contribution in [0.4, 0.5) is 0 Å². The molecule has 1 fully saturated rings. The molecule has 0 radical (unpaired) electrons. The summed E-state index contributed by atoms with van der Waals surface area (Å²) in [5, 5.41) is 8.73. The molecule has 0 aromatic heterocycles. The van der Waals surface area contributed by atoms with Crippen molar-refractivity contribution in [2.24, 2.45) is 11.5 Å². The van der Waals surface area contributed by atoms with Gasteiger partial charge in [-0.25, -0.2) is 0 Å². The molecule has 0 saturated heterocycles. The molecule has 5 N–H and O–H groups in total. The van der Waals surface area contributed by atoms with E-state index in [1.807, 2.05) is 0 Å². The van der Waals surface area contributed by atoms with Gasteiger partial charge in [0.1, 0.15) is 6.04 Å². The van der Waals surface area contributed by atoms with Crippen LogP contribution >= 0.6 is 0 Å². The van der Waals surface area contributed by atoms with Crippen molar-refractivity contribution >= 4 is 17.8 Å². The van der Waals surface area contributed by atoms with Gasteiger partial charge in [0.25, 0.3) is 0 Å². The summed E-state index contributed by atoms with van der Waals surface area (Å²) in [6.07, 6.45) is 4.20. The lowest BCUT2D eigenvalue weighted by atomic mass is 9.92. The van der Waals surface area contributed by atoms with Gasteiger partial charge in [0.05, 0.1) is 12.5 Å². The van der Waals surface area contributed by atoms with Crippen LogP contribution in [0.15, 0.2) is 0 Å². The number of amides is 2. The number of primary amides is 1. The first-order chi connectivity index (χ1) is 9.34. The average molecular weight is 285 g/mol. The minimum Gasteiger partial charge on any atom is -0.481 e. The molecule has 7 nitrogen and oxygen atoms in total. The third-order valence-electron chi connectivity index (χ3n) is 3.76. The second-order valence-corrected chi connectivity index (χ2v) is 5.32. The molecule has 114 valence electrons. The molecular weight excluding hydrogens is 262 g/mol. The number of carbonyl (C=O) groups excluding carboxylic acids is 2. The predicted octanol–water partition coefficient (Wildman–Crippen LogP) is -0.176. The van der Waals surface area contributed by atoms with E-state index >= 15 is 0 Å². The van der Waals surface area contributed by atoms with Gasteiger partial charge < -0.3 is 21.5 Å². The minimum absolute atomic E-state index is 0.0846. The highest BCUT2D eigenvalue weighted by Gasteiger charge is 2.35. The summed E-state index contributed by atoms with van der Waals surface area (Å²) < 4.78 is 0. The molecule has 1 aliphatic carbocycles. The van der Waals surface area contributed by atoms with Crippen molar-refractivity contribution in [2.45, 2.75) is 63.6 Å². The molecule has 0 heterocycles. The lowest BCUT2D eigenvalue weighted by Crippen LogP contribution is -2.56. The summed E-state index contributed by atoms with van der Waals surface area (Å²) in [4.78, 5) is 35.8. The summed E-state index contributed by atoms with van der Waals surface area (Å²) in [6, 6.07) is -2.00. The van der Waals surface area contributed by atoms with Crippen molar-refractivity contribution in [1.29, 1.82) is 0 Å². The minimum atomic E-state index is -1.14. The molecular formula is C13H23N3O4. The van der Waals surface area contributed by atoms with E-state index in [1.165, 1.54) is 4.90 Å². The van der Waals surface area contributed by atoms with E-state index in [-0.39, 0.29) is 6.04 Å². The SMILES string of the molecule is C[C@@H](C(N)=O)N(C(=O)[C@@H](N)CC(=O)O)C1CCCCC1. The van der Waals surface area contributed by atoms with Crippen LogP contribution in [0.5, 0.6) is 0 Å². The molecule has 0 aromatic rings. The first-order valence-electron chi connectivity index (χ1n) is 6.93. The highest BCUT2D eigenvalue weighted by Crippen LogP contribution is 2.25. The van der Waals surface area contributed by atoms with E-state index < -0.39 is 36.3 Å². The standard InChI is InChI=1S/C13H23N3O4/c1-8(12(15)19)16(9-5-3-2-4-6-9)13(20)10(14)7-11(17)18/h8-10H,2-7,14H2,1H3,(H2,15,19)(H,17,18)/t8-,10-/m0/s1. The topological polar surface area (TPSA) is 127 Å². The third-order valence-corrected chi connectivity index (χ3v) is 3.76. The van der Waals surface area contributed by atoms with Gasteiger partial charge in [-0.05, 0) is 19.8 Å². The summed E-state index contributed by atoms with van der Waals surface area (Å²) in [5.74, 6) is -2.25. The zero-order valence-electron chi connectivity index (χ0n) is 11.7. The molecule has 7 heteroatoms. The van der Waals surface area contributed by atoms with Gasteiger partial charge in [-0.15, -0.1) is 0 Å². The highest BCUT2D eigenvalue weighted by molar-refractivity contribution is 5.91. The van der Waals surface area contributed by atoms with Crippen LogP contribution in [0, 0.1) is 0 Å². The van der Waals surface area contributed by atoms with Crippen molar-refractivity contribution in [2.75, 3.05) is 0 Å². The lowest BCUT2D eigenvalue weighted by Gasteiger charge is -2.38. The van der Waals surface area contributed by atoms with Gasteiger partial charge in [0.15, 0.2) is 0 Å². The second kappa shape index (κ2) is 7.23. The molecule has 20 heavy (non-hydrogen) atoms. The van der Waals surface area contributed by atoms with E-state index in [1.54, 1.807) is 6.92 Å². The van der Waals surface area contributed by atoms with Gasteiger partial charge in [0, 0.05) is 6.04 Å². The molecule has 0 spiro atoms. The lowest BCUT2D eigenvalue weighted by molar-refractivity contribution is -0.146. The number of carboxylic acid groups (broad SMARTS) is 1. The summed E-state index contributed by atoms with van der Waals surface area (Å²) in [6.45, 7) is 1.56. The molecule has 1 rings (SSSR count). The number of carbonyl (C=O) groups is 3. The maximum absolute atomic E-state index is 12.4. The number of aliphatic carboxylic acids is 1. The Kier molecular flexibility index (Phi) is 5.94. The van der Waals surface area contributed by atoms with Crippen molar-refractivity contribution in [3.05, 3.63) is 0 Å². The fourth-order valence-corrected chi connectivity index (χ4v) is 2.65. The Hall–Kier alpha value is -1.63. The largest absolute Gasteiger partial charge is 0.481 e. The fraction of sp³-hybridized carbons (Fsp3) is 0.769. The van der Waals surface area contributed by atoms with Crippen molar-refractivity contribution in [3.8, 4) is 0 Å². The zero-order valence-corrected chi connectivity index (χ0v) is 11.7. The van der Waals surface area contributed by atoms with Crippen LogP contribution in [0.2, 0.25) is 0 Å². The van der Waals surface area contributed by atoms with Crippen LogP contribution in [-0.2, 0) is 14.4 Å². The maximum atomic E-state index is 12.4. The molecule has 2 atom stereocenters. The number of rotatable bonds is 6. The van der Waals surface area contributed by atoms with Crippen LogP contribution in [-0.4, -0.2) is 45.9 Å².